The van der Waals surface area contributed by atoms with Crippen LogP contribution in [0.5, 0.6) is 0 Å². The first-order valence-corrected chi connectivity index (χ1v) is 3.78. The third kappa shape index (κ3) is 2.97. The van der Waals surface area contributed by atoms with Crippen LogP contribution < -0.4 is 0 Å². The molecular formula is C10H9KN2. The van der Waals surface area contributed by atoms with Gasteiger partial charge in [0.25, 0.3) is 0 Å². The molecule has 0 N–H and O–H groups in total. The third-order valence-corrected chi connectivity index (χ3v) is 1.64. The summed E-state index contributed by atoms with van der Waals surface area (Å²) in [6, 6.07) is 9.76. The van der Waals surface area contributed by atoms with Crippen molar-refractivity contribution in [1.29, 1.82) is 0 Å². The van der Waals surface area contributed by atoms with Crippen LogP contribution in [0.15, 0.2) is 48.9 Å². The maximum atomic E-state index is 4.22. The fourth-order valence-electron chi connectivity index (χ4n) is 1.06. The van der Waals surface area contributed by atoms with E-state index in [1.165, 1.54) is 0 Å². The van der Waals surface area contributed by atoms with Gasteiger partial charge < -0.3 is 0 Å². The number of pyridine rings is 2. The summed E-state index contributed by atoms with van der Waals surface area (Å²) < 4.78 is 0. The van der Waals surface area contributed by atoms with E-state index in [0.29, 0.717) is 0 Å². The van der Waals surface area contributed by atoms with Crippen molar-refractivity contribution in [3.8, 4) is 11.3 Å². The summed E-state index contributed by atoms with van der Waals surface area (Å²) in [6.07, 6.45) is 5.32. The Kier molecular flexibility index (Phi) is 4.76. The normalized spacial score (nSPS) is 8.92. The van der Waals surface area contributed by atoms with Crippen molar-refractivity contribution in [2.45, 2.75) is 0 Å². The molecule has 0 radical (unpaired) electrons. The van der Waals surface area contributed by atoms with Gasteiger partial charge >= 0.3 is 51.4 Å². The second kappa shape index (κ2) is 5.62. The van der Waals surface area contributed by atoms with Crippen LogP contribution in [0.3, 0.4) is 0 Å². The molecule has 3 heteroatoms. The van der Waals surface area contributed by atoms with E-state index in [4.69, 9.17) is 0 Å². The van der Waals surface area contributed by atoms with Gasteiger partial charge in [-0.15, -0.1) is 0 Å². The smallest absolute Gasteiger partial charge is 0.0703 e. The first-order valence-electron chi connectivity index (χ1n) is 3.78. The summed E-state index contributed by atoms with van der Waals surface area (Å²) in [5.74, 6) is 0. The number of nitrogens with zero attached hydrogens (tertiary/aromatic N) is 2. The molecule has 0 atom stereocenters. The van der Waals surface area contributed by atoms with Crippen LogP contribution in [-0.2, 0) is 0 Å². The SMILES string of the molecule is [KH].c1ccc(-c2ccncc2)nc1. The summed E-state index contributed by atoms with van der Waals surface area (Å²) in [4.78, 5) is 8.16. The van der Waals surface area contributed by atoms with Crippen LogP contribution in [0.1, 0.15) is 0 Å². The summed E-state index contributed by atoms with van der Waals surface area (Å²) in [5.41, 5.74) is 2.09. The second-order valence-electron chi connectivity index (χ2n) is 2.45. The van der Waals surface area contributed by atoms with Crippen LogP contribution in [-0.4, -0.2) is 61.4 Å². The third-order valence-electron chi connectivity index (χ3n) is 1.64. The summed E-state index contributed by atoms with van der Waals surface area (Å²) in [6.45, 7) is 0. The average Bonchev–Trinajstić information content (AvgIpc) is 2.21. The van der Waals surface area contributed by atoms with E-state index < -0.39 is 0 Å². The van der Waals surface area contributed by atoms with Crippen LogP contribution in [0.25, 0.3) is 11.3 Å². The number of aromatic nitrogens is 2. The van der Waals surface area contributed by atoms with Gasteiger partial charge in [-0.25, -0.2) is 0 Å². The molecule has 0 aliphatic rings. The van der Waals surface area contributed by atoms with Gasteiger partial charge in [-0.05, 0) is 24.3 Å². The molecule has 0 bridgehead atoms. The molecule has 0 saturated heterocycles. The Hall–Kier alpha value is -0.0636. The van der Waals surface area contributed by atoms with E-state index in [2.05, 4.69) is 9.97 Å². The van der Waals surface area contributed by atoms with Gasteiger partial charge in [0.2, 0.25) is 0 Å². The molecule has 60 valence electrons. The Balaban J connectivity index is 0.000000845. The molecule has 2 heterocycles. The zero-order valence-electron chi connectivity index (χ0n) is 6.51. The minimum atomic E-state index is 0. The minimum Gasteiger partial charge on any atom is -0.265 e. The fourth-order valence-corrected chi connectivity index (χ4v) is 1.06. The van der Waals surface area contributed by atoms with Crippen LogP contribution in [0, 0.1) is 0 Å². The predicted molar refractivity (Wildman–Crippen MR) is 54.6 cm³/mol. The van der Waals surface area contributed by atoms with Gasteiger partial charge in [0, 0.05) is 24.2 Å². The van der Waals surface area contributed by atoms with Crippen LogP contribution >= 0.6 is 0 Å². The maximum absolute atomic E-state index is 4.22. The Labute approximate surface area is 120 Å². The zero-order chi connectivity index (χ0) is 8.23. The molecule has 0 amide bonds. The molecule has 13 heavy (non-hydrogen) atoms. The fraction of sp³-hybridized carbons (Fsp3) is 0. The molecule has 2 nitrogen and oxygen atoms in total. The molecule has 0 saturated carbocycles. The molecule has 0 spiro atoms. The summed E-state index contributed by atoms with van der Waals surface area (Å²) in [7, 11) is 0. The first-order chi connectivity index (χ1) is 5.97. The largest absolute Gasteiger partial charge is 0.265 e. The Morgan fingerprint density at radius 1 is 0.846 bits per heavy atom. The van der Waals surface area contributed by atoms with Gasteiger partial charge in [-0.1, -0.05) is 6.07 Å². The molecule has 0 aliphatic heterocycles. The summed E-state index contributed by atoms with van der Waals surface area (Å²) in [5, 5.41) is 0. The molecule has 0 aliphatic carbocycles. The van der Waals surface area contributed by atoms with Crippen LogP contribution in [0.2, 0.25) is 0 Å². The Bertz CT molecular complexity index is 310. The number of hydrogen-bond acceptors (Lipinski definition) is 2. The van der Waals surface area contributed by atoms with E-state index in [9.17, 15) is 0 Å². The van der Waals surface area contributed by atoms with Crippen molar-refractivity contribution >= 4 is 51.4 Å². The van der Waals surface area contributed by atoms with Gasteiger partial charge in [0.1, 0.15) is 0 Å². The molecule has 0 unspecified atom stereocenters. The van der Waals surface area contributed by atoms with Crippen molar-refractivity contribution < 1.29 is 0 Å². The van der Waals surface area contributed by atoms with Gasteiger partial charge in [0.05, 0.1) is 5.69 Å². The Morgan fingerprint density at radius 2 is 1.62 bits per heavy atom. The van der Waals surface area contributed by atoms with Gasteiger partial charge in [-0.3, -0.25) is 9.97 Å². The molecule has 2 rings (SSSR count). The first kappa shape index (κ1) is 11.0. The van der Waals surface area contributed by atoms with Crippen molar-refractivity contribution in [2.24, 2.45) is 0 Å². The van der Waals surface area contributed by atoms with Crippen molar-refractivity contribution in [1.82, 2.24) is 9.97 Å². The van der Waals surface area contributed by atoms with E-state index in [-0.39, 0.29) is 51.4 Å². The molecule has 2 aromatic rings. The number of rotatable bonds is 1. The molecule has 0 fully saturated rings. The standard InChI is InChI=1S/C10H8N2.K.H/c1-2-6-12-10(3-1)9-4-7-11-8-5-9;;/h1-8H;;. The Morgan fingerprint density at radius 3 is 2.23 bits per heavy atom. The quantitative estimate of drug-likeness (QED) is 0.646. The maximum Gasteiger partial charge on any atom is 0.0703 e. The van der Waals surface area contributed by atoms with E-state index in [0.717, 1.165) is 11.3 Å². The monoisotopic (exact) mass is 196 g/mol. The van der Waals surface area contributed by atoms with E-state index in [1.54, 1.807) is 18.6 Å². The van der Waals surface area contributed by atoms with Gasteiger partial charge in [0.15, 0.2) is 0 Å². The minimum absolute atomic E-state index is 0. The van der Waals surface area contributed by atoms with E-state index >= 15 is 0 Å². The molecule has 0 aromatic carbocycles. The van der Waals surface area contributed by atoms with Crippen molar-refractivity contribution in [2.75, 3.05) is 0 Å². The number of hydrogen-bond donors (Lipinski definition) is 0. The topological polar surface area (TPSA) is 25.8 Å². The second-order valence-corrected chi connectivity index (χ2v) is 2.45. The zero-order valence-corrected chi connectivity index (χ0v) is 6.51. The van der Waals surface area contributed by atoms with Crippen molar-refractivity contribution in [3.63, 3.8) is 0 Å². The average molecular weight is 196 g/mol. The van der Waals surface area contributed by atoms with Gasteiger partial charge in [-0.2, -0.15) is 0 Å². The van der Waals surface area contributed by atoms with Crippen LogP contribution in [0.4, 0.5) is 0 Å². The van der Waals surface area contributed by atoms with E-state index in [1.807, 2.05) is 30.3 Å². The molecular weight excluding hydrogens is 187 g/mol. The summed E-state index contributed by atoms with van der Waals surface area (Å²) >= 11 is 0. The predicted octanol–water partition coefficient (Wildman–Crippen LogP) is 1.50. The molecule has 2 aromatic heterocycles. The van der Waals surface area contributed by atoms with Crippen molar-refractivity contribution in [3.05, 3.63) is 48.9 Å².